The predicted octanol–water partition coefficient (Wildman–Crippen LogP) is 3.35. The molecule has 0 N–H and O–H groups in total. The zero-order valence-corrected chi connectivity index (χ0v) is 15.5. The van der Waals surface area contributed by atoms with Crippen LogP contribution in [0.5, 0.6) is 11.5 Å². The van der Waals surface area contributed by atoms with E-state index < -0.39 is 24.3 Å². The van der Waals surface area contributed by atoms with Gasteiger partial charge in [-0.1, -0.05) is 24.3 Å². The van der Waals surface area contributed by atoms with Gasteiger partial charge in [-0.2, -0.15) is 0 Å². The smallest absolute Gasteiger partial charge is 0.343 e. The number of aromatic nitrogens is 1. The molecule has 0 atom stereocenters. The number of ether oxygens (including phenoxy) is 3. The van der Waals surface area contributed by atoms with Crippen molar-refractivity contribution in [3.8, 4) is 11.5 Å². The van der Waals surface area contributed by atoms with Gasteiger partial charge in [0.05, 0.1) is 18.2 Å². The molecule has 0 fully saturated rings. The van der Waals surface area contributed by atoms with Crippen LogP contribution in [-0.4, -0.2) is 36.4 Å². The molecule has 0 spiro atoms. The summed E-state index contributed by atoms with van der Waals surface area (Å²) in [6, 6.07) is 17.7. The summed E-state index contributed by atoms with van der Waals surface area (Å²) in [6.07, 6.45) is 1.38. The van der Waals surface area contributed by atoms with Crippen molar-refractivity contribution in [3.63, 3.8) is 0 Å². The number of benzene rings is 2. The highest BCUT2D eigenvalue weighted by Gasteiger charge is 2.19. The van der Waals surface area contributed by atoms with E-state index in [9.17, 15) is 14.4 Å². The van der Waals surface area contributed by atoms with Crippen molar-refractivity contribution < 1.29 is 28.6 Å². The molecule has 0 unspecified atom stereocenters. The maximum absolute atomic E-state index is 12.5. The number of methoxy groups -OCH3 is 1. The lowest BCUT2D eigenvalue weighted by molar-refractivity contribution is 0.0471. The number of ketones is 1. The molecule has 7 nitrogen and oxygen atoms in total. The van der Waals surface area contributed by atoms with Crippen molar-refractivity contribution in [2.45, 2.75) is 0 Å². The summed E-state index contributed by atoms with van der Waals surface area (Å²) in [5.41, 5.74) is 0.470. The van der Waals surface area contributed by atoms with Crippen LogP contribution in [-0.2, 0) is 4.74 Å². The molecule has 0 bridgehead atoms. The molecule has 0 aliphatic heterocycles. The molecule has 146 valence electrons. The summed E-state index contributed by atoms with van der Waals surface area (Å²) in [5, 5.41) is 0. The zero-order chi connectivity index (χ0) is 20.6. The highest BCUT2D eigenvalue weighted by Crippen LogP contribution is 2.20. The highest BCUT2D eigenvalue weighted by atomic mass is 16.5. The van der Waals surface area contributed by atoms with Crippen LogP contribution in [0.4, 0.5) is 0 Å². The Bertz CT molecular complexity index is 1030. The molecule has 2 aromatic carbocycles. The first-order chi connectivity index (χ1) is 14.1. The number of nitrogens with zero attached hydrogens (tertiary/aromatic N) is 1. The standard InChI is InChI=1S/C22H17NO6/c1-27-17-10-5-9-16(13-17)22(26)29-19-11-6-12-23-20(19)18(24)14-28-21(25)15-7-3-2-4-8-15/h2-13H,14H2,1H3. The first kappa shape index (κ1) is 19.8. The van der Waals surface area contributed by atoms with Crippen molar-refractivity contribution in [1.82, 2.24) is 4.98 Å². The lowest BCUT2D eigenvalue weighted by Crippen LogP contribution is -2.18. The summed E-state index contributed by atoms with van der Waals surface area (Å²) in [4.78, 5) is 40.8. The van der Waals surface area contributed by atoms with E-state index in [2.05, 4.69) is 4.98 Å². The Morgan fingerprint density at radius 2 is 1.62 bits per heavy atom. The van der Waals surface area contributed by atoms with E-state index in [1.807, 2.05) is 0 Å². The summed E-state index contributed by atoms with van der Waals surface area (Å²) in [7, 11) is 1.49. The lowest BCUT2D eigenvalue weighted by atomic mass is 10.2. The number of hydrogen-bond acceptors (Lipinski definition) is 7. The second-order valence-electron chi connectivity index (χ2n) is 5.84. The minimum absolute atomic E-state index is 0.0268. The fraction of sp³-hybridized carbons (Fsp3) is 0.0909. The monoisotopic (exact) mass is 391 g/mol. The molecule has 0 saturated heterocycles. The highest BCUT2D eigenvalue weighted by molar-refractivity contribution is 6.01. The van der Waals surface area contributed by atoms with Crippen molar-refractivity contribution in [2.75, 3.05) is 13.7 Å². The molecule has 29 heavy (non-hydrogen) atoms. The van der Waals surface area contributed by atoms with Gasteiger partial charge in [0, 0.05) is 6.20 Å². The zero-order valence-electron chi connectivity index (χ0n) is 15.5. The topological polar surface area (TPSA) is 91.8 Å². The van der Waals surface area contributed by atoms with Crippen molar-refractivity contribution in [2.24, 2.45) is 0 Å². The summed E-state index contributed by atoms with van der Waals surface area (Å²) >= 11 is 0. The third kappa shape index (κ3) is 5.04. The van der Waals surface area contributed by atoms with E-state index in [-0.39, 0.29) is 17.0 Å². The maximum Gasteiger partial charge on any atom is 0.343 e. The minimum atomic E-state index is -0.674. The van der Waals surface area contributed by atoms with Crippen LogP contribution >= 0.6 is 0 Å². The van der Waals surface area contributed by atoms with Gasteiger partial charge < -0.3 is 14.2 Å². The summed E-state index contributed by atoms with van der Waals surface area (Å²) < 4.78 is 15.4. The van der Waals surface area contributed by atoms with Crippen molar-refractivity contribution in [1.29, 1.82) is 0 Å². The van der Waals surface area contributed by atoms with E-state index in [0.717, 1.165) is 0 Å². The number of Topliss-reactive ketones (excluding diaryl/α,β-unsaturated/α-hetero) is 1. The SMILES string of the molecule is COc1cccc(C(=O)Oc2cccnc2C(=O)COC(=O)c2ccccc2)c1. The van der Waals surface area contributed by atoms with Crippen LogP contribution in [0.1, 0.15) is 31.2 Å². The van der Waals surface area contributed by atoms with Crippen LogP contribution in [0.15, 0.2) is 72.9 Å². The van der Waals surface area contributed by atoms with Gasteiger partial charge in [-0.05, 0) is 42.5 Å². The van der Waals surface area contributed by atoms with E-state index in [4.69, 9.17) is 14.2 Å². The number of carbonyl (C=O) groups is 3. The third-order valence-electron chi connectivity index (χ3n) is 3.89. The van der Waals surface area contributed by atoms with Crippen LogP contribution in [0.2, 0.25) is 0 Å². The van der Waals surface area contributed by atoms with Gasteiger partial charge in [0.15, 0.2) is 18.1 Å². The largest absolute Gasteiger partial charge is 0.497 e. The molecule has 0 aliphatic rings. The van der Waals surface area contributed by atoms with Gasteiger partial charge in [-0.25, -0.2) is 14.6 Å². The number of pyridine rings is 1. The molecule has 0 saturated carbocycles. The Kier molecular flexibility index (Phi) is 6.32. The van der Waals surface area contributed by atoms with Gasteiger partial charge >= 0.3 is 11.9 Å². The van der Waals surface area contributed by atoms with E-state index in [1.165, 1.54) is 31.5 Å². The fourth-order valence-corrected chi connectivity index (χ4v) is 2.45. The molecule has 7 heteroatoms. The fourth-order valence-electron chi connectivity index (χ4n) is 2.45. The number of rotatable bonds is 7. The lowest BCUT2D eigenvalue weighted by Gasteiger charge is -2.09. The predicted molar refractivity (Wildman–Crippen MR) is 103 cm³/mol. The van der Waals surface area contributed by atoms with E-state index in [1.54, 1.807) is 48.5 Å². The Hall–Kier alpha value is -4.00. The average Bonchev–Trinajstić information content (AvgIpc) is 2.78. The molecule has 0 amide bonds. The molecule has 3 aromatic rings. The molecule has 1 aromatic heterocycles. The van der Waals surface area contributed by atoms with Crippen molar-refractivity contribution in [3.05, 3.63) is 89.7 Å². The number of hydrogen-bond donors (Lipinski definition) is 0. The Labute approximate surface area is 166 Å². The van der Waals surface area contributed by atoms with Gasteiger partial charge in [0.25, 0.3) is 0 Å². The van der Waals surface area contributed by atoms with Crippen LogP contribution < -0.4 is 9.47 Å². The molecule has 0 radical (unpaired) electrons. The van der Waals surface area contributed by atoms with Crippen LogP contribution in [0.25, 0.3) is 0 Å². The van der Waals surface area contributed by atoms with Gasteiger partial charge in [-0.3, -0.25) is 4.79 Å². The Morgan fingerprint density at radius 3 is 2.38 bits per heavy atom. The maximum atomic E-state index is 12.5. The normalized spacial score (nSPS) is 10.1. The third-order valence-corrected chi connectivity index (χ3v) is 3.89. The molecule has 0 aliphatic carbocycles. The molecular weight excluding hydrogens is 374 g/mol. The number of carbonyl (C=O) groups excluding carboxylic acids is 3. The first-order valence-corrected chi connectivity index (χ1v) is 8.65. The van der Waals surface area contributed by atoms with E-state index in [0.29, 0.717) is 11.3 Å². The summed E-state index contributed by atoms with van der Waals surface area (Å²) in [6.45, 7) is -0.533. The summed E-state index contributed by atoms with van der Waals surface area (Å²) in [5.74, 6) is -1.43. The van der Waals surface area contributed by atoms with Crippen LogP contribution in [0.3, 0.4) is 0 Å². The Morgan fingerprint density at radius 1 is 0.862 bits per heavy atom. The number of esters is 2. The molecule has 1 heterocycles. The van der Waals surface area contributed by atoms with E-state index >= 15 is 0 Å². The second-order valence-corrected chi connectivity index (χ2v) is 5.84. The van der Waals surface area contributed by atoms with Gasteiger partial charge in [-0.15, -0.1) is 0 Å². The average molecular weight is 391 g/mol. The second kappa shape index (κ2) is 9.27. The minimum Gasteiger partial charge on any atom is -0.497 e. The van der Waals surface area contributed by atoms with Gasteiger partial charge in [0.1, 0.15) is 5.75 Å². The van der Waals surface area contributed by atoms with Crippen molar-refractivity contribution >= 4 is 17.7 Å². The quantitative estimate of drug-likeness (QED) is 0.450. The Balaban J connectivity index is 1.70. The first-order valence-electron chi connectivity index (χ1n) is 8.65. The van der Waals surface area contributed by atoms with Gasteiger partial charge in [0.2, 0.25) is 5.78 Å². The van der Waals surface area contributed by atoms with Crippen LogP contribution in [0, 0.1) is 0 Å². The molecular formula is C22H17NO6. The molecule has 3 rings (SSSR count).